The molecular weight excluding hydrogens is 352 g/mol. The van der Waals surface area contributed by atoms with E-state index in [0.29, 0.717) is 18.7 Å². The zero-order valence-corrected chi connectivity index (χ0v) is 15.9. The molecule has 4 rings (SSSR count). The van der Waals surface area contributed by atoms with Gasteiger partial charge in [0.25, 0.3) is 5.91 Å². The third-order valence-electron chi connectivity index (χ3n) is 4.63. The number of nitrogens with one attached hydrogen (secondary N) is 1. The van der Waals surface area contributed by atoms with Crippen LogP contribution in [-0.4, -0.2) is 30.5 Å². The number of aromatic nitrogens is 5. The molecule has 0 aliphatic rings. The Balaban J connectivity index is 1.48. The number of hydrogen-bond donors (Lipinski definition) is 1. The number of carbonyl (C=O) groups excluding carboxylic acids is 1. The Morgan fingerprint density at radius 2 is 1.93 bits per heavy atom. The maximum Gasteiger partial charge on any atom is 0.253 e. The highest BCUT2D eigenvalue weighted by atomic mass is 16.1. The van der Waals surface area contributed by atoms with Crippen LogP contribution in [0.5, 0.6) is 0 Å². The molecule has 0 aliphatic carbocycles. The minimum Gasteiger partial charge on any atom is -0.348 e. The van der Waals surface area contributed by atoms with Crippen LogP contribution in [0.2, 0.25) is 0 Å². The molecule has 0 fully saturated rings. The lowest BCUT2D eigenvalue weighted by atomic mass is 10.1. The van der Waals surface area contributed by atoms with Crippen molar-refractivity contribution < 1.29 is 4.79 Å². The second-order valence-electron chi connectivity index (χ2n) is 6.97. The molecule has 0 aliphatic heterocycles. The molecule has 0 bridgehead atoms. The molecule has 0 atom stereocenters. The van der Waals surface area contributed by atoms with Gasteiger partial charge in [-0.15, -0.1) is 0 Å². The molecule has 0 radical (unpaired) electrons. The second-order valence-corrected chi connectivity index (χ2v) is 6.97. The lowest BCUT2D eigenvalue weighted by molar-refractivity contribution is 0.0950. The first-order valence-electron chi connectivity index (χ1n) is 9.27. The van der Waals surface area contributed by atoms with E-state index in [-0.39, 0.29) is 11.9 Å². The average molecular weight is 374 g/mol. The van der Waals surface area contributed by atoms with Gasteiger partial charge in [-0.2, -0.15) is 10.2 Å². The normalized spacial score (nSPS) is 11.2. The van der Waals surface area contributed by atoms with E-state index in [2.05, 4.69) is 40.4 Å². The Bertz CT molecular complexity index is 1100. The van der Waals surface area contributed by atoms with E-state index < -0.39 is 0 Å². The first kappa shape index (κ1) is 17.9. The van der Waals surface area contributed by atoms with Gasteiger partial charge >= 0.3 is 0 Å². The largest absolute Gasteiger partial charge is 0.348 e. The molecule has 3 heterocycles. The standard InChI is InChI=1S/C21H22N6O/c1-15(2)27-20-18(13-25-27)10-19(12-22-20)21(28)23-11-16-6-3-4-7-17(16)14-26-9-5-8-24-26/h3-10,12-13,15H,11,14H2,1-2H3,(H,23,28). The van der Waals surface area contributed by atoms with Gasteiger partial charge in [0.1, 0.15) is 0 Å². The zero-order valence-electron chi connectivity index (χ0n) is 15.9. The maximum absolute atomic E-state index is 12.6. The van der Waals surface area contributed by atoms with Gasteiger partial charge in [0.2, 0.25) is 0 Å². The number of amides is 1. The highest BCUT2D eigenvalue weighted by Crippen LogP contribution is 2.17. The van der Waals surface area contributed by atoms with Gasteiger partial charge in [0.05, 0.1) is 18.3 Å². The van der Waals surface area contributed by atoms with Crippen LogP contribution < -0.4 is 5.32 Å². The number of benzene rings is 1. The smallest absolute Gasteiger partial charge is 0.253 e. The molecule has 4 aromatic rings. The summed E-state index contributed by atoms with van der Waals surface area (Å²) in [6.07, 6.45) is 7.04. The molecule has 1 amide bonds. The average Bonchev–Trinajstić information content (AvgIpc) is 3.36. The highest BCUT2D eigenvalue weighted by Gasteiger charge is 2.12. The number of hydrogen-bond acceptors (Lipinski definition) is 4. The summed E-state index contributed by atoms with van der Waals surface area (Å²) >= 11 is 0. The fourth-order valence-corrected chi connectivity index (χ4v) is 3.17. The van der Waals surface area contributed by atoms with Gasteiger partial charge in [-0.25, -0.2) is 9.67 Å². The molecule has 3 aromatic heterocycles. The summed E-state index contributed by atoms with van der Waals surface area (Å²) in [4.78, 5) is 17.1. The Morgan fingerprint density at radius 1 is 1.11 bits per heavy atom. The molecule has 0 saturated carbocycles. The second kappa shape index (κ2) is 7.64. The van der Waals surface area contributed by atoms with Crippen LogP contribution in [0.1, 0.15) is 41.4 Å². The third kappa shape index (κ3) is 3.64. The molecule has 7 nitrogen and oxygen atoms in total. The molecule has 1 N–H and O–H groups in total. The van der Waals surface area contributed by atoms with Gasteiger partial charge in [-0.05, 0) is 37.1 Å². The van der Waals surface area contributed by atoms with Gasteiger partial charge < -0.3 is 5.32 Å². The van der Waals surface area contributed by atoms with Crippen LogP contribution in [-0.2, 0) is 13.1 Å². The first-order chi connectivity index (χ1) is 13.6. The summed E-state index contributed by atoms with van der Waals surface area (Å²) in [5.41, 5.74) is 3.50. The number of rotatable bonds is 6. The predicted octanol–water partition coefficient (Wildman–Crippen LogP) is 3.19. The first-order valence-corrected chi connectivity index (χ1v) is 9.27. The number of fused-ring (bicyclic) bond motifs is 1. The van der Waals surface area contributed by atoms with Crippen molar-refractivity contribution in [3.05, 3.63) is 77.9 Å². The van der Waals surface area contributed by atoms with Crippen molar-refractivity contribution in [1.82, 2.24) is 29.9 Å². The van der Waals surface area contributed by atoms with E-state index in [1.807, 2.05) is 45.9 Å². The predicted molar refractivity (Wildman–Crippen MR) is 107 cm³/mol. The van der Waals surface area contributed by atoms with Crippen LogP contribution in [0.4, 0.5) is 0 Å². The van der Waals surface area contributed by atoms with Crippen molar-refractivity contribution in [1.29, 1.82) is 0 Å². The Morgan fingerprint density at radius 3 is 2.68 bits per heavy atom. The van der Waals surface area contributed by atoms with Gasteiger partial charge in [-0.3, -0.25) is 9.48 Å². The summed E-state index contributed by atoms with van der Waals surface area (Å²) in [5.74, 6) is -0.152. The van der Waals surface area contributed by atoms with Gasteiger partial charge in [-0.1, -0.05) is 24.3 Å². The van der Waals surface area contributed by atoms with E-state index in [1.54, 1.807) is 18.6 Å². The maximum atomic E-state index is 12.6. The number of nitrogens with zero attached hydrogens (tertiary/aromatic N) is 5. The lowest BCUT2D eigenvalue weighted by Gasteiger charge is -2.11. The van der Waals surface area contributed by atoms with Crippen molar-refractivity contribution in [3.63, 3.8) is 0 Å². The summed E-state index contributed by atoms with van der Waals surface area (Å²) in [6, 6.07) is 12.0. The van der Waals surface area contributed by atoms with Crippen LogP contribution in [0, 0.1) is 0 Å². The monoisotopic (exact) mass is 374 g/mol. The molecule has 0 saturated heterocycles. The quantitative estimate of drug-likeness (QED) is 0.562. The van der Waals surface area contributed by atoms with Crippen molar-refractivity contribution in [2.75, 3.05) is 0 Å². The minimum absolute atomic E-state index is 0.152. The van der Waals surface area contributed by atoms with E-state index in [9.17, 15) is 4.79 Å². The molecule has 0 spiro atoms. The highest BCUT2D eigenvalue weighted by molar-refractivity contribution is 5.96. The van der Waals surface area contributed by atoms with Crippen molar-refractivity contribution >= 4 is 16.9 Å². The van der Waals surface area contributed by atoms with Crippen molar-refractivity contribution in [3.8, 4) is 0 Å². The number of carbonyl (C=O) groups is 1. The van der Waals surface area contributed by atoms with E-state index in [1.165, 1.54) is 0 Å². The molecule has 142 valence electrons. The fraction of sp³-hybridized carbons (Fsp3) is 0.238. The molecule has 0 unspecified atom stereocenters. The summed E-state index contributed by atoms with van der Waals surface area (Å²) < 4.78 is 3.72. The Hall–Kier alpha value is -3.48. The lowest BCUT2D eigenvalue weighted by Crippen LogP contribution is -2.23. The van der Waals surface area contributed by atoms with E-state index in [0.717, 1.165) is 22.2 Å². The topological polar surface area (TPSA) is 77.6 Å². The zero-order chi connectivity index (χ0) is 19.5. The van der Waals surface area contributed by atoms with E-state index in [4.69, 9.17) is 0 Å². The summed E-state index contributed by atoms with van der Waals surface area (Å²) in [6.45, 7) is 5.21. The molecule has 1 aromatic carbocycles. The molecule has 28 heavy (non-hydrogen) atoms. The number of pyridine rings is 1. The Labute approximate surface area is 163 Å². The van der Waals surface area contributed by atoms with Crippen molar-refractivity contribution in [2.45, 2.75) is 33.0 Å². The fourth-order valence-electron chi connectivity index (χ4n) is 3.17. The molecular formula is C21H22N6O. The van der Waals surface area contributed by atoms with E-state index >= 15 is 0 Å². The van der Waals surface area contributed by atoms with Crippen molar-refractivity contribution in [2.24, 2.45) is 0 Å². The summed E-state index contributed by atoms with van der Waals surface area (Å²) in [5, 5.41) is 12.5. The van der Waals surface area contributed by atoms with Crippen LogP contribution in [0.25, 0.3) is 11.0 Å². The Kier molecular flexibility index (Phi) is 4.89. The SMILES string of the molecule is CC(C)n1ncc2cc(C(=O)NCc3ccccc3Cn3cccn3)cnc21. The van der Waals surface area contributed by atoms with Gasteiger partial charge in [0.15, 0.2) is 5.65 Å². The third-order valence-corrected chi connectivity index (χ3v) is 4.63. The van der Waals surface area contributed by atoms with Gasteiger partial charge in [0, 0.05) is 36.6 Å². The summed E-state index contributed by atoms with van der Waals surface area (Å²) in [7, 11) is 0. The minimum atomic E-state index is -0.152. The molecule has 7 heteroatoms. The van der Waals surface area contributed by atoms with Crippen LogP contribution in [0.3, 0.4) is 0 Å². The van der Waals surface area contributed by atoms with Crippen LogP contribution in [0.15, 0.2) is 61.2 Å². The van der Waals surface area contributed by atoms with Crippen LogP contribution >= 0.6 is 0 Å².